The lowest BCUT2D eigenvalue weighted by atomic mass is 10.2. The predicted molar refractivity (Wildman–Crippen MR) is 69.3 cm³/mol. The van der Waals surface area contributed by atoms with Gasteiger partial charge in [-0.2, -0.15) is 0 Å². The Bertz CT molecular complexity index is 622. The van der Waals surface area contributed by atoms with Gasteiger partial charge < -0.3 is 14.9 Å². The third kappa shape index (κ3) is 3.25. The van der Waals surface area contributed by atoms with Crippen LogP contribution < -0.4 is 4.74 Å². The third-order valence-corrected chi connectivity index (χ3v) is 2.81. The zero-order valence-corrected chi connectivity index (χ0v) is 11.1. The molecule has 0 radical (unpaired) electrons. The third-order valence-electron chi connectivity index (χ3n) is 2.31. The Balaban J connectivity index is 2.19. The van der Waals surface area contributed by atoms with Crippen LogP contribution in [0.5, 0.6) is 5.75 Å². The molecule has 0 amide bonds. The summed E-state index contributed by atoms with van der Waals surface area (Å²) in [4.78, 5) is 13.7. The van der Waals surface area contributed by atoms with Gasteiger partial charge in [0.25, 0.3) is 0 Å². The molecule has 1 aromatic heterocycles. The van der Waals surface area contributed by atoms with Gasteiger partial charge in [0.1, 0.15) is 18.6 Å². The van der Waals surface area contributed by atoms with Crippen molar-refractivity contribution >= 4 is 21.7 Å². The van der Waals surface area contributed by atoms with E-state index in [9.17, 15) is 14.5 Å². The second-order valence-electron chi connectivity index (χ2n) is 3.61. The molecule has 98 valence electrons. The summed E-state index contributed by atoms with van der Waals surface area (Å²) in [6, 6.07) is 7.34. The first-order valence-corrected chi connectivity index (χ1v) is 6.03. The molecule has 0 saturated heterocycles. The second-order valence-corrected chi connectivity index (χ2v) is 4.52. The van der Waals surface area contributed by atoms with Crippen molar-refractivity contribution in [3.05, 3.63) is 62.5 Å². The fraction of sp³-hybridized carbons (Fsp3) is 0.0833. The fourth-order valence-corrected chi connectivity index (χ4v) is 1.85. The van der Waals surface area contributed by atoms with E-state index in [1.165, 1.54) is 24.4 Å². The summed E-state index contributed by atoms with van der Waals surface area (Å²) in [5.74, 6) is -0.820. The Kier molecular flexibility index (Phi) is 4.06. The van der Waals surface area contributed by atoms with Crippen molar-refractivity contribution in [2.75, 3.05) is 0 Å². The number of pyridine rings is 1. The van der Waals surface area contributed by atoms with Gasteiger partial charge in [0, 0.05) is 10.0 Å². The number of benzene rings is 1. The zero-order chi connectivity index (χ0) is 13.8. The molecule has 1 aromatic carbocycles. The molecular formula is C12H8BrFN2O3. The molecule has 0 N–H and O–H groups in total. The highest BCUT2D eigenvalue weighted by Gasteiger charge is 2.16. The Morgan fingerprint density at radius 2 is 2.21 bits per heavy atom. The largest absolute Gasteiger partial charge is 0.481 e. The van der Waals surface area contributed by atoms with Crippen LogP contribution in [-0.4, -0.2) is 9.91 Å². The van der Waals surface area contributed by atoms with Crippen LogP contribution >= 0.6 is 15.9 Å². The minimum absolute atomic E-state index is 0.00637. The van der Waals surface area contributed by atoms with Crippen molar-refractivity contribution in [2.24, 2.45) is 0 Å². The molecule has 0 aliphatic rings. The number of halogens is 2. The lowest BCUT2D eigenvalue weighted by Gasteiger charge is -2.07. The molecule has 0 unspecified atom stereocenters. The molecule has 2 aromatic rings. The van der Waals surface area contributed by atoms with Crippen molar-refractivity contribution in [1.82, 2.24) is 4.98 Å². The number of nitrogens with zero attached hydrogens (tertiary/aromatic N) is 2. The SMILES string of the molecule is O=[N+]([O-])c1ncccc1OCc1cc(Br)ccc1F. The number of rotatable bonds is 4. The normalized spacial score (nSPS) is 10.2. The maximum atomic E-state index is 13.5. The number of nitro groups is 1. The molecule has 0 spiro atoms. The summed E-state index contributed by atoms with van der Waals surface area (Å²) < 4.78 is 19.4. The number of ether oxygens (including phenoxy) is 1. The van der Waals surface area contributed by atoms with Gasteiger partial charge in [-0.25, -0.2) is 4.39 Å². The Morgan fingerprint density at radius 3 is 2.95 bits per heavy atom. The van der Waals surface area contributed by atoms with Crippen LogP contribution in [-0.2, 0) is 6.61 Å². The summed E-state index contributed by atoms with van der Waals surface area (Å²) in [5.41, 5.74) is 0.299. The summed E-state index contributed by atoms with van der Waals surface area (Å²) in [6.07, 6.45) is 1.30. The van der Waals surface area contributed by atoms with Gasteiger partial charge in [-0.3, -0.25) is 0 Å². The lowest BCUT2D eigenvalue weighted by molar-refractivity contribution is -0.390. The van der Waals surface area contributed by atoms with Crippen molar-refractivity contribution in [2.45, 2.75) is 6.61 Å². The van der Waals surface area contributed by atoms with Crippen molar-refractivity contribution in [3.63, 3.8) is 0 Å². The average molecular weight is 327 g/mol. The van der Waals surface area contributed by atoms with Crippen LogP contribution in [0.4, 0.5) is 10.2 Å². The molecule has 0 aliphatic carbocycles. The topological polar surface area (TPSA) is 65.3 Å². The summed E-state index contributed by atoms with van der Waals surface area (Å²) in [5, 5.41) is 10.7. The zero-order valence-electron chi connectivity index (χ0n) is 9.55. The van der Waals surface area contributed by atoms with Gasteiger partial charge in [-0.1, -0.05) is 15.9 Å². The van der Waals surface area contributed by atoms with E-state index >= 15 is 0 Å². The number of hydrogen-bond donors (Lipinski definition) is 0. The van der Waals surface area contributed by atoms with Crippen molar-refractivity contribution in [3.8, 4) is 5.75 Å². The quantitative estimate of drug-likeness (QED) is 0.637. The van der Waals surface area contributed by atoms with Crippen LogP contribution in [0.1, 0.15) is 5.56 Å². The molecule has 19 heavy (non-hydrogen) atoms. The molecule has 1 heterocycles. The molecule has 5 nitrogen and oxygen atoms in total. The van der Waals surface area contributed by atoms with Crippen LogP contribution in [0.15, 0.2) is 41.0 Å². The first-order chi connectivity index (χ1) is 9.08. The molecule has 7 heteroatoms. The van der Waals surface area contributed by atoms with Gasteiger partial charge >= 0.3 is 5.82 Å². The molecule has 0 bridgehead atoms. The lowest BCUT2D eigenvalue weighted by Crippen LogP contribution is -2.02. The fourth-order valence-electron chi connectivity index (χ4n) is 1.44. The van der Waals surface area contributed by atoms with E-state index in [1.807, 2.05) is 0 Å². The molecule has 0 fully saturated rings. The van der Waals surface area contributed by atoms with Crippen LogP contribution in [0.2, 0.25) is 0 Å². The molecular weight excluding hydrogens is 319 g/mol. The first-order valence-electron chi connectivity index (χ1n) is 5.24. The van der Waals surface area contributed by atoms with Gasteiger partial charge in [0.05, 0.1) is 0 Å². The Hall–Kier alpha value is -2.02. The minimum Gasteiger partial charge on any atom is -0.481 e. The van der Waals surface area contributed by atoms with E-state index in [1.54, 1.807) is 12.1 Å². The Labute approximate surface area is 116 Å². The maximum absolute atomic E-state index is 13.5. The maximum Gasteiger partial charge on any atom is 0.406 e. The molecule has 0 atom stereocenters. The summed E-state index contributed by atoms with van der Waals surface area (Å²) in [6.45, 7) is -0.113. The first kappa shape index (κ1) is 13.4. The van der Waals surface area contributed by atoms with Crippen molar-refractivity contribution in [1.29, 1.82) is 0 Å². The van der Waals surface area contributed by atoms with E-state index in [2.05, 4.69) is 20.9 Å². The van der Waals surface area contributed by atoms with E-state index in [4.69, 9.17) is 4.74 Å². The van der Waals surface area contributed by atoms with Gasteiger partial charge in [-0.05, 0) is 40.2 Å². The Morgan fingerprint density at radius 1 is 1.42 bits per heavy atom. The number of aromatic nitrogens is 1. The monoisotopic (exact) mass is 326 g/mol. The highest BCUT2D eigenvalue weighted by molar-refractivity contribution is 9.10. The van der Waals surface area contributed by atoms with E-state index < -0.39 is 16.6 Å². The molecule has 2 rings (SSSR count). The van der Waals surface area contributed by atoms with E-state index in [0.29, 0.717) is 10.0 Å². The van der Waals surface area contributed by atoms with E-state index in [-0.39, 0.29) is 12.4 Å². The number of hydrogen-bond acceptors (Lipinski definition) is 4. The van der Waals surface area contributed by atoms with Crippen molar-refractivity contribution < 1.29 is 14.1 Å². The summed E-state index contributed by atoms with van der Waals surface area (Å²) >= 11 is 3.22. The van der Waals surface area contributed by atoms with Gasteiger partial charge in [-0.15, -0.1) is 0 Å². The van der Waals surface area contributed by atoms with Gasteiger partial charge in [0.2, 0.25) is 5.75 Å². The average Bonchev–Trinajstić information content (AvgIpc) is 2.40. The van der Waals surface area contributed by atoms with Crippen LogP contribution in [0.3, 0.4) is 0 Å². The standard InChI is InChI=1S/C12H8BrFN2O3/c13-9-3-4-10(14)8(6-9)7-19-11-2-1-5-15-12(11)16(17)18/h1-6H,7H2. The smallest absolute Gasteiger partial charge is 0.406 e. The summed E-state index contributed by atoms with van der Waals surface area (Å²) in [7, 11) is 0. The molecule has 0 saturated carbocycles. The highest BCUT2D eigenvalue weighted by Crippen LogP contribution is 2.25. The molecule has 0 aliphatic heterocycles. The van der Waals surface area contributed by atoms with Crippen LogP contribution in [0.25, 0.3) is 0 Å². The second kappa shape index (κ2) is 5.75. The predicted octanol–water partition coefficient (Wildman–Crippen LogP) is 3.47. The van der Waals surface area contributed by atoms with Crippen LogP contribution in [0, 0.1) is 15.9 Å². The highest BCUT2D eigenvalue weighted by atomic mass is 79.9. The van der Waals surface area contributed by atoms with E-state index in [0.717, 1.165) is 0 Å². The minimum atomic E-state index is -0.646. The van der Waals surface area contributed by atoms with Gasteiger partial charge in [0.15, 0.2) is 0 Å².